The Morgan fingerprint density at radius 3 is 2.68 bits per heavy atom. The van der Waals surface area contributed by atoms with Gasteiger partial charge < -0.3 is 23.8 Å². The molecule has 1 aromatic carbocycles. The van der Waals surface area contributed by atoms with Crippen LogP contribution in [0.4, 0.5) is 0 Å². The summed E-state index contributed by atoms with van der Waals surface area (Å²) in [5.74, 6) is -0.654. The third-order valence-electron chi connectivity index (χ3n) is 4.71. The van der Waals surface area contributed by atoms with Crippen LogP contribution in [0.15, 0.2) is 23.2 Å². The van der Waals surface area contributed by atoms with Crippen LogP contribution in [0.25, 0.3) is 0 Å². The summed E-state index contributed by atoms with van der Waals surface area (Å²) >= 11 is 0. The largest absolute Gasteiger partial charge is 0.497 e. The van der Waals surface area contributed by atoms with Gasteiger partial charge in [-0.25, -0.2) is 4.99 Å². The van der Waals surface area contributed by atoms with E-state index in [1.165, 1.54) is 7.11 Å². The van der Waals surface area contributed by atoms with Gasteiger partial charge in [0, 0.05) is 24.7 Å². The van der Waals surface area contributed by atoms with Crippen LogP contribution in [0.3, 0.4) is 0 Å². The normalized spacial score (nSPS) is 22.2. The number of morpholine rings is 1. The van der Waals surface area contributed by atoms with Gasteiger partial charge in [-0.15, -0.1) is 0 Å². The van der Waals surface area contributed by atoms with Gasteiger partial charge in [-0.3, -0.25) is 14.9 Å². The quantitative estimate of drug-likeness (QED) is 0.584. The molecule has 1 saturated heterocycles. The van der Waals surface area contributed by atoms with Gasteiger partial charge >= 0.3 is 5.97 Å². The zero-order chi connectivity index (χ0) is 20.1. The number of rotatable bonds is 5. The van der Waals surface area contributed by atoms with Gasteiger partial charge in [0.15, 0.2) is 5.92 Å². The molecule has 0 aromatic heterocycles. The number of carbonyl (C=O) groups is 2. The highest BCUT2D eigenvalue weighted by atomic mass is 16.5. The lowest BCUT2D eigenvalue weighted by Crippen LogP contribution is -2.55. The Morgan fingerprint density at radius 2 is 2.04 bits per heavy atom. The Balaban J connectivity index is 2.04. The second kappa shape index (κ2) is 8.92. The first kappa shape index (κ1) is 19.9. The monoisotopic (exact) mass is 391 g/mol. The molecule has 9 nitrogen and oxygen atoms in total. The van der Waals surface area contributed by atoms with Crippen molar-refractivity contribution in [1.82, 2.24) is 10.2 Å². The molecule has 1 aromatic rings. The molecule has 0 radical (unpaired) electrons. The molecular weight excluding hydrogens is 366 g/mol. The van der Waals surface area contributed by atoms with Gasteiger partial charge in [-0.2, -0.15) is 0 Å². The van der Waals surface area contributed by atoms with Crippen LogP contribution in [-0.2, 0) is 19.1 Å². The van der Waals surface area contributed by atoms with Crippen molar-refractivity contribution in [2.45, 2.75) is 13.0 Å². The van der Waals surface area contributed by atoms with Crippen molar-refractivity contribution in [3.8, 4) is 11.5 Å². The second-order valence-corrected chi connectivity index (χ2v) is 6.32. The Hall–Kier alpha value is -2.81. The molecule has 0 unspecified atom stereocenters. The number of hydrogen-bond donors (Lipinski definition) is 1. The summed E-state index contributed by atoms with van der Waals surface area (Å²) in [4.78, 5) is 32.0. The maximum absolute atomic E-state index is 12.9. The summed E-state index contributed by atoms with van der Waals surface area (Å²) in [6.45, 7) is 4.18. The van der Waals surface area contributed by atoms with Crippen molar-refractivity contribution in [3.63, 3.8) is 0 Å². The number of nitrogens with one attached hydrogen (secondary N) is 1. The Kier molecular flexibility index (Phi) is 6.35. The molecular formula is C19H25N3O6. The van der Waals surface area contributed by atoms with Crippen molar-refractivity contribution in [2.75, 3.05) is 47.1 Å². The minimum Gasteiger partial charge on any atom is -0.497 e. The maximum atomic E-state index is 12.9. The minimum atomic E-state index is -1.10. The number of hydrogen-bond acceptors (Lipinski definition) is 8. The van der Waals surface area contributed by atoms with Gasteiger partial charge in [0.25, 0.3) is 0 Å². The second-order valence-electron chi connectivity index (χ2n) is 6.32. The predicted octanol–water partition coefficient (Wildman–Crippen LogP) is 0.742. The van der Waals surface area contributed by atoms with Gasteiger partial charge in [0.1, 0.15) is 17.5 Å². The zero-order valence-electron chi connectivity index (χ0n) is 16.3. The van der Waals surface area contributed by atoms with Crippen molar-refractivity contribution in [3.05, 3.63) is 23.8 Å². The van der Waals surface area contributed by atoms with E-state index >= 15 is 0 Å². The molecule has 9 heteroatoms. The number of esters is 1. The third kappa shape index (κ3) is 4.04. The van der Waals surface area contributed by atoms with E-state index in [1.54, 1.807) is 32.2 Å². The summed E-state index contributed by atoms with van der Waals surface area (Å²) in [7, 11) is 3.08. The van der Waals surface area contributed by atoms with E-state index in [4.69, 9.17) is 23.9 Å². The molecule has 0 bridgehead atoms. The van der Waals surface area contributed by atoms with Crippen molar-refractivity contribution in [2.24, 2.45) is 10.9 Å². The van der Waals surface area contributed by atoms with E-state index < -0.39 is 23.8 Å². The van der Waals surface area contributed by atoms with Crippen LogP contribution in [-0.4, -0.2) is 69.9 Å². The lowest BCUT2D eigenvalue weighted by Gasteiger charge is -2.35. The summed E-state index contributed by atoms with van der Waals surface area (Å²) in [5, 5.41) is 2.75. The van der Waals surface area contributed by atoms with Crippen LogP contribution in [0.1, 0.15) is 18.5 Å². The van der Waals surface area contributed by atoms with Gasteiger partial charge in [-0.1, -0.05) is 0 Å². The average molecular weight is 391 g/mol. The first-order valence-electron chi connectivity index (χ1n) is 9.19. The van der Waals surface area contributed by atoms with Crippen LogP contribution < -0.4 is 14.8 Å². The number of carbonyl (C=O) groups excluding carboxylic acids is 2. The first-order valence-corrected chi connectivity index (χ1v) is 9.19. The average Bonchev–Trinajstić information content (AvgIpc) is 2.73. The molecule has 1 amide bonds. The molecule has 28 heavy (non-hydrogen) atoms. The first-order chi connectivity index (χ1) is 13.6. The molecule has 152 valence electrons. The SMILES string of the molecule is CCOC(=O)[C@@H]1C(=O)NC(N2CCOCC2)=N[C@H]1c1ccc(OC)cc1OC. The summed E-state index contributed by atoms with van der Waals surface area (Å²) < 4.78 is 21.2. The van der Waals surface area contributed by atoms with Gasteiger partial charge in [0.2, 0.25) is 11.9 Å². The highest BCUT2D eigenvalue weighted by Gasteiger charge is 2.43. The summed E-state index contributed by atoms with van der Waals surface area (Å²) in [6, 6.07) is 4.43. The third-order valence-corrected chi connectivity index (χ3v) is 4.71. The van der Waals surface area contributed by atoms with Gasteiger partial charge in [0.05, 0.1) is 34.0 Å². The van der Waals surface area contributed by atoms with E-state index in [-0.39, 0.29) is 6.61 Å². The number of aliphatic imine (C=N–C) groups is 1. The van der Waals surface area contributed by atoms with E-state index in [2.05, 4.69) is 5.32 Å². The molecule has 2 atom stereocenters. The molecule has 2 heterocycles. The fourth-order valence-corrected chi connectivity index (χ4v) is 3.29. The molecule has 2 aliphatic heterocycles. The lowest BCUT2D eigenvalue weighted by atomic mass is 9.90. The van der Waals surface area contributed by atoms with Crippen LogP contribution >= 0.6 is 0 Å². The predicted molar refractivity (Wildman–Crippen MR) is 100 cm³/mol. The minimum absolute atomic E-state index is 0.176. The fourth-order valence-electron chi connectivity index (χ4n) is 3.29. The van der Waals surface area contributed by atoms with Crippen LogP contribution in [0.2, 0.25) is 0 Å². The van der Waals surface area contributed by atoms with Crippen molar-refractivity contribution >= 4 is 17.8 Å². The molecule has 1 fully saturated rings. The van der Waals surface area contributed by atoms with Crippen LogP contribution in [0, 0.1) is 5.92 Å². The highest BCUT2D eigenvalue weighted by molar-refractivity contribution is 6.08. The number of ether oxygens (including phenoxy) is 4. The number of nitrogens with zero attached hydrogens (tertiary/aromatic N) is 2. The lowest BCUT2D eigenvalue weighted by molar-refractivity contribution is -0.153. The molecule has 1 N–H and O–H groups in total. The summed E-state index contributed by atoms with van der Waals surface area (Å²) in [6.07, 6.45) is 0. The van der Waals surface area contributed by atoms with E-state index in [0.717, 1.165) is 0 Å². The Morgan fingerprint density at radius 1 is 1.29 bits per heavy atom. The zero-order valence-corrected chi connectivity index (χ0v) is 16.3. The Labute approximate surface area is 163 Å². The number of benzene rings is 1. The van der Waals surface area contributed by atoms with E-state index in [0.29, 0.717) is 49.3 Å². The number of amides is 1. The maximum Gasteiger partial charge on any atom is 0.321 e. The summed E-state index contributed by atoms with van der Waals surface area (Å²) in [5.41, 5.74) is 0.613. The van der Waals surface area contributed by atoms with E-state index in [1.807, 2.05) is 4.90 Å². The number of guanidine groups is 1. The highest BCUT2D eigenvalue weighted by Crippen LogP contribution is 2.38. The molecule has 3 rings (SSSR count). The van der Waals surface area contributed by atoms with Crippen LogP contribution in [0.5, 0.6) is 11.5 Å². The molecule has 0 aliphatic carbocycles. The molecule has 2 aliphatic rings. The van der Waals surface area contributed by atoms with Crippen molar-refractivity contribution in [1.29, 1.82) is 0 Å². The smallest absolute Gasteiger partial charge is 0.321 e. The molecule has 0 saturated carbocycles. The van der Waals surface area contributed by atoms with Gasteiger partial charge in [-0.05, 0) is 19.1 Å². The fraction of sp³-hybridized carbons (Fsp3) is 0.526. The molecule has 0 spiro atoms. The van der Waals surface area contributed by atoms with E-state index in [9.17, 15) is 9.59 Å². The van der Waals surface area contributed by atoms with Crippen molar-refractivity contribution < 1.29 is 28.5 Å². The number of methoxy groups -OCH3 is 2. The topological polar surface area (TPSA) is 98.7 Å². The Bertz CT molecular complexity index is 760. The standard InChI is InChI=1S/C19H25N3O6/c1-4-28-18(24)15-16(13-6-5-12(25-2)11-14(13)26-3)20-19(21-17(15)23)22-7-9-27-10-8-22/h5-6,11,15-16H,4,7-10H2,1-3H3,(H,20,21,23)/t15-,16-/m0/s1.